The van der Waals surface area contributed by atoms with Crippen molar-refractivity contribution in [1.82, 2.24) is 0 Å². The largest absolute Gasteiger partial charge is 0.393 e. The van der Waals surface area contributed by atoms with Gasteiger partial charge in [0.1, 0.15) is 5.78 Å². The minimum Gasteiger partial charge on any atom is -0.393 e. The van der Waals surface area contributed by atoms with Gasteiger partial charge in [-0.2, -0.15) is 0 Å². The number of hydrogen-bond donors (Lipinski definition) is 1. The highest BCUT2D eigenvalue weighted by atomic mass is 16.3. The molecule has 4 aliphatic rings. The molecule has 0 saturated heterocycles. The van der Waals surface area contributed by atoms with Gasteiger partial charge in [0.2, 0.25) is 0 Å². The van der Waals surface area contributed by atoms with Crippen molar-refractivity contribution < 1.29 is 9.90 Å². The fourth-order valence-electron chi connectivity index (χ4n) is 6.48. The average molecular weight is 276 g/mol. The summed E-state index contributed by atoms with van der Waals surface area (Å²) < 4.78 is 0. The van der Waals surface area contributed by atoms with Gasteiger partial charge < -0.3 is 5.11 Å². The van der Waals surface area contributed by atoms with Crippen molar-refractivity contribution in [2.24, 2.45) is 35.0 Å². The monoisotopic (exact) mass is 276 g/mol. The van der Waals surface area contributed by atoms with Gasteiger partial charge in [-0.05, 0) is 80.0 Å². The molecular formula is C18H28O2. The van der Waals surface area contributed by atoms with Crippen LogP contribution in [0, 0.1) is 35.0 Å². The van der Waals surface area contributed by atoms with E-state index in [0.717, 1.165) is 49.4 Å². The predicted molar refractivity (Wildman–Crippen MR) is 78.1 cm³/mol. The van der Waals surface area contributed by atoms with E-state index in [1.54, 1.807) is 0 Å². The summed E-state index contributed by atoms with van der Waals surface area (Å²) in [6, 6.07) is 0. The van der Waals surface area contributed by atoms with Gasteiger partial charge in [-0.25, -0.2) is 0 Å². The minimum absolute atomic E-state index is 0.0564. The molecule has 0 aromatic carbocycles. The SMILES string of the molecule is C[C@]12C[C@H]3CC[C@H]4CC(=O)CC[C@H]4[C@@H]3C[C@@H]1CCC2O. The van der Waals surface area contributed by atoms with Crippen molar-refractivity contribution in [3.8, 4) is 0 Å². The Morgan fingerprint density at radius 2 is 1.85 bits per heavy atom. The van der Waals surface area contributed by atoms with E-state index >= 15 is 0 Å². The fraction of sp³-hybridized carbons (Fsp3) is 0.944. The van der Waals surface area contributed by atoms with E-state index in [1.165, 1.54) is 32.1 Å². The molecule has 4 fully saturated rings. The highest BCUT2D eigenvalue weighted by Gasteiger charge is 2.55. The lowest BCUT2D eigenvalue weighted by Gasteiger charge is -2.54. The summed E-state index contributed by atoms with van der Waals surface area (Å²) in [7, 11) is 0. The molecule has 0 amide bonds. The Bertz CT molecular complexity index is 418. The van der Waals surface area contributed by atoms with Crippen LogP contribution in [0.4, 0.5) is 0 Å². The van der Waals surface area contributed by atoms with Gasteiger partial charge in [0.15, 0.2) is 0 Å². The Morgan fingerprint density at radius 1 is 1.05 bits per heavy atom. The van der Waals surface area contributed by atoms with E-state index in [9.17, 15) is 9.90 Å². The van der Waals surface area contributed by atoms with Gasteiger partial charge in [0, 0.05) is 12.8 Å². The second-order valence-corrected chi connectivity index (χ2v) is 8.44. The highest BCUT2D eigenvalue weighted by molar-refractivity contribution is 5.79. The second-order valence-electron chi connectivity index (χ2n) is 8.44. The van der Waals surface area contributed by atoms with E-state index in [-0.39, 0.29) is 11.5 Å². The first-order valence-corrected chi connectivity index (χ1v) is 8.77. The third-order valence-electron chi connectivity index (χ3n) is 7.66. The van der Waals surface area contributed by atoms with Crippen molar-refractivity contribution in [1.29, 1.82) is 0 Å². The maximum atomic E-state index is 11.7. The van der Waals surface area contributed by atoms with Crippen LogP contribution in [0.3, 0.4) is 0 Å². The maximum absolute atomic E-state index is 11.7. The van der Waals surface area contributed by atoms with E-state index in [0.29, 0.717) is 11.7 Å². The summed E-state index contributed by atoms with van der Waals surface area (Å²) in [5.74, 6) is 4.49. The lowest BCUT2D eigenvalue weighted by molar-refractivity contribution is -0.127. The van der Waals surface area contributed by atoms with Crippen LogP contribution in [0.25, 0.3) is 0 Å². The van der Waals surface area contributed by atoms with Crippen LogP contribution in [-0.2, 0) is 4.79 Å². The summed E-state index contributed by atoms with van der Waals surface area (Å²) in [6.07, 6.45) is 10.3. The maximum Gasteiger partial charge on any atom is 0.133 e. The molecule has 4 rings (SSSR count). The quantitative estimate of drug-likeness (QED) is 0.734. The molecule has 0 bridgehead atoms. The molecule has 0 aromatic rings. The first-order valence-electron chi connectivity index (χ1n) is 8.77. The zero-order valence-electron chi connectivity index (χ0n) is 12.7. The molecule has 2 nitrogen and oxygen atoms in total. The third-order valence-corrected chi connectivity index (χ3v) is 7.66. The summed E-state index contributed by atoms with van der Waals surface area (Å²) >= 11 is 0. The van der Waals surface area contributed by atoms with Crippen LogP contribution in [0.2, 0.25) is 0 Å². The minimum atomic E-state index is -0.0564. The number of aliphatic hydroxyl groups excluding tert-OH is 1. The normalized spacial score (nSPS) is 55.0. The zero-order valence-corrected chi connectivity index (χ0v) is 12.7. The zero-order chi connectivity index (χ0) is 13.9. The number of hydrogen-bond acceptors (Lipinski definition) is 2. The van der Waals surface area contributed by atoms with Gasteiger partial charge >= 0.3 is 0 Å². The fourth-order valence-corrected chi connectivity index (χ4v) is 6.48. The summed E-state index contributed by atoms with van der Waals surface area (Å²) in [5.41, 5.74) is 0.207. The van der Waals surface area contributed by atoms with Crippen molar-refractivity contribution in [2.75, 3.05) is 0 Å². The topological polar surface area (TPSA) is 37.3 Å². The van der Waals surface area contributed by atoms with Gasteiger partial charge in [0.05, 0.1) is 6.10 Å². The molecule has 1 unspecified atom stereocenters. The van der Waals surface area contributed by atoms with Crippen molar-refractivity contribution >= 4 is 5.78 Å². The van der Waals surface area contributed by atoms with Crippen LogP contribution in [-0.4, -0.2) is 17.0 Å². The van der Waals surface area contributed by atoms with E-state index in [2.05, 4.69) is 6.92 Å². The molecule has 4 saturated carbocycles. The van der Waals surface area contributed by atoms with E-state index in [4.69, 9.17) is 0 Å². The number of rotatable bonds is 0. The molecule has 0 aliphatic heterocycles. The van der Waals surface area contributed by atoms with Crippen molar-refractivity contribution in [3.05, 3.63) is 0 Å². The van der Waals surface area contributed by atoms with Gasteiger partial charge in [-0.3, -0.25) is 4.79 Å². The smallest absolute Gasteiger partial charge is 0.133 e. The van der Waals surface area contributed by atoms with Crippen LogP contribution in [0.1, 0.15) is 64.7 Å². The number of Topliss-reactive ketones (excluding diaryl/α,β-unsaturated/α-hetero) is 1. The molecule has 112 valence electrons. The molecule has 1 N–H and O–H groups in total. The van der Waals surface area contributed by atoms with Gasteiger partial charge in [0.25, 0.3) is 0 Å². The summed E-state index contributed by atoms with van der Waals surface area (Å²) in [6.45, 7) is 2.35. The Balaban J connectivity index is 1.56. The summed E-state index contributed by atoms with van der Waals surface area (Å²) in [5, 5.41) is 10.4. The Hall–Kier alpha value is -0.370. The van der Waals surface area contributed by atoms with Crippen LogP contribution < -0.4 is 0 Å². The van der Waals surface area contributed by atoms with E-state index in [1.807, 2.05) is 0 Å². The van der Waals surface area contributed by atoms with Crippen LogP contribution >= 0.6 is 0 Å². The molecule has 0 spiro atoms. The average Bonchev–Trinajstić information content (AvgIpc) is 2.71. The first kappa shape index (κ1) is 13.3. The highest BCUT2D eigenvalue weighted by Crippen LogP contribution is 2.61. The molecule has 2 heteroatoms. The first-order chi connectivity index (χ1) is 9.58. The Kier molecular flexibility index (Phi) is 3.03. The second kappa shape index (κ2) is 4.56. The van der Waals surface area contributed by atoms with Crippen LogP contribution in [0.5, 0.6) is 0 Å². The molecule has 4 aliphatic carbocycles. The van der Waals surface area contributed by atoms with Crippen molar-refractivity contribution in [3.63, 3.8) is 0 Å². The number of ketones is 1. The van der Waals surface area contributed by atoms with Gasteiger partial charge in [-0.15, -0.1) is 0 Å². The lowest BCUT2D eigenvalue weighted by atomic mass is 9.51. The third kappa shape index (κ3) is 1.83. The molecule has 0 aromatic heterocycles. The van der Waals surface area contributed by atoms with Crippen molar-refractivity contribution in [2.45, 2.75) is 70.8 Å². The van der Waals surface area contributed by atoms with E-state index < -0.39 is 0 Å². The lowest BCUT2D eigenvalue weighted by Crippen LogP contribution is -2.48. The van der Waals surface area contributed by atoms with Crippen LogP contribution in [0.15, 0.2) is 0 Å². The molecule has 0 radical (unpaired) electrons. The molecule has 20 heavy (non-hydrogen) atoms. The Morgan fingerprint density at radius 3 is 2.70 bits per heavy atom. The standard InChI is InChI=1S/C18H28O2/c1-18-10-12-3-2-11-8-14(19)5-6-15(11)16(12)9-13(18)4-7-17(18)20/h11-13,15-17,20H,2-10H2,1H3/t11-,12+,13-,15+,16+,17?,18-/m0/s1. The van der Waals surface area contributed by atoms with Gasteiger partial charge in [-0.1, -0.05) is 6.92 Å². The predicted octanol–water partition coefficient (Wildman–Crippen LogP) is 3.57. The number of aliphatic hydroxyl groups is 1. The summed E-state index contributed by atoms with van der Waals surface area (Å²) in [4.78, 5) is 11.7. The number of carbonyl (C=O) groups is 1. The molecule has 7 atom stereocenters. The molecular weight excluding hydrogens is 248 g/mol. The number of carbonyl (C=O) groups excluding carboxylic acids is 1. The Labute approximate surface area is 122 Å². The molecule has 0 heterocycles. The number of fused-ring (bicyclic) bond motifs is 4.